The van der Waals surface area contributed by atoms with E-state index in [2.05, 4.69) is 76.2 Å². The third-order valence-corrected chi connectivity index (χ3v) is 6.49. The maximum absolute atomic E-state index is 12.9. The molecule has 162 valence electrons. The Morgan fingerprint density at radius 2 is 1.68 bits per heavy atom. The highest BCUT2D eigenvalue weighted by Gasteiger charge is 2.22. The Morgan fingerprint density at radius 1 is 1.00 bits per heavy atom. The zero-order chi connectivity index (χ0) is 22.2. The lowest BCUT2D eigenvalue weighted by atomic mass is 9.87. The summed E-state index contributed by atoms with van der Waals surface area (Å²) in [5, 5.41) is 4.78. The molecule has 0 saturated heterocycles. The van der Waals surface area contributed by atoms with Gasteiger partial charge in [0.25, 0.3) is 0 Å². The van der Waals surface area contributed by atoms with Crippen LogP contribution in [0.2, 0.25) is 0 Å². The van der Waals surface area contributed by atoms with E-state index < -0.39 is 0 Å². The van der Waals surface area contributed by atoms with Crippen molar-refractivity contribution in [2.75, 3.05) is 6.54 Å². The van der Waals surface area contributed by atoms with E-state index in [0.29, 0.717) is 6.42 Å². The highest BCUT2D eigenvalue weighted by atomic mass is 16.2. The number of rotatable bonds is 4. The van der Waals surface area contributed by atoms with Gasteiger partial charge in [-0.2, -0.15) is 5.10 Å². The van der Waals surface area contributed by atoms with Crippen LogP contribution in [0.25, 0.3) is 5.69 Å². The summed E-state index contributed by atoms with van der Waals surface area (Å²) < 4.78 is 2.01. The van der Waals surface area contributed by atoms with Gasteiger partial charge in [0.05, 0.1) is 11.4 Å². The summed E-state index contributed by atoms with van der Waals surface area (Å²) in [5.74, 6) is 0.232. The third-order valence-electron chi connectivity index (χ3n) is 6.49. The average Bonchev–Trinajstić information content (AvgIpc) is 3.04. The molecule has 1 amide bonds. The molecule has 1 aliphatic heterocycles. The first-order chi connectivity index (χ1) is 14.7. The topological polar surface area (TPSA) is 38.1 Å². The van der Waals surface area contributed by atoms with Crippen LogP contribution in [0.15, 0.2) is 48.5 Å². The van der Waals surface area contributed by atoms with Crippen molar-refractivity contribution < 1.29 is 4.79 Å². The van der Waals surface area contributed by atoms with Crippen LogP contribution in [0.3, 0.4) is 0 Å². The Kier molecular flexibility index (Phi) is 5.74. The molecular weight excluding hydrogens is 382 g/mol. The van der Waals surface area contributed by atoms with Crippen molar-refractivity contribution in [3.8, 4) is 5.69 Å². The van der Waals surface area contributed by atoms with E-state index in [1.54, 1.807) is 0 Å². The van der Waals surface area contributed by atoms with Crippen LogP contribution >= 0.6 is 0 Å². The van der Waals surface area contributed by atoms with Crippen LogP contribution in [0, 0.1) is 13.8 Å². The lowest BCUT2D eigenvalue weighted by Crippen LogP contribution is -2.36. The molecule has 0 N–H and O–H groups in total. The van der Waals surface area contributed by atoms with Crippen LogP contribution in [0.5, 0.6) is 0 Å². The van der Waals surface area contributed by atoms with Crippen LogP contribution < -0.4 is 0 Å². The summed E-state index contributed by atoms with van der Waals surface area (Å²) in [6.45, 7) is 12.4. The Labute approximate surface area is 185 Å². The van der Waals surface area contributed by atoms with E-state index in [0.717, 1.165) is 43.0 Å². The number of aromatic nitrogens is 2. The number of hydrogen-bond donors (Lipinski definition) is 0. The molecule has 1 aromatic heterocycles. The predicted octanol–water partition coefficient (Wildman–Crippen LogP) is 5.30. The Balaban J connectivity index is 1.45. The van der Waals surface area contributed by atoms with Crippen molar-refractivity contribution in [2.24, 2.45) is 0 Å². The average molecular weight is 416 g/mol. The minimum absolute atomic E-state index is 0.133. The molecule has 0 bridgehead atoms. The fraction of sp³-hybridized carbons (Fsp3) is 0.407. The van der Waals surface area contributed by atoms with Crippen molar-refractivity contribution in [1.82, 2.24) is 14.7 Å². The third kappa shape index (κ3) is 4.43. The van der Waals surface area contributed by atoms with Crippen molar-refractivity contribution in [3.05, 3.63) is 82.2 Å². The quantitative estimate of drug-likeness (QED) is 0.580. The summed E-state index contributed by atoms with van der Waals surface area (Å²) in [4.78, 5) is 14.9. The van der Waals surface area contributed by atoms with Gasteiger partial charge in [-0.05, 0) is 66.5 Å². The van der Waals surface area contributed by atoms with Gasteiger partial charge >= 0.3 is 0 Å². The zero-order valence-electron chi connectivity index (χ0n) is 19.4. The zero-order valence-corrected chi connectivity index (χ0v) is 19.4. The monoisotopic (exact) mass is 415 g/mol. The van der Waals surface area contributed by atoms with Crippen LogP contribution in [0.4, 0.5) is 0 Å². The van der Waals surface area contributed by atoms with Crippen molar-refractivity contribution in [2.45, 2.75) is 65.8 Å². The van der Waals surface area contributed by atoms with Gasteiger partial charge in [0.2, 0.25) is 5.91 Å². The summed E-state index contributed by atoms with van der Waals surface area (Å²) in [7, 11) is 0. The number of carbonyl (C=O) groups is 1. The number of carbonyl (C=O) groups excluding carboxylic acids is 1. The van der Waals surface area contributed by atoms with E-state index in [4.69, 9.17) is 5.10 Å². The highest BCUT2D eigenvalue weighted by molar-refractivity contribution is 5.77. The summed E-state index contributed by atoms with van der Waals surface area (Å²) >= 11 is 0. The van der Waals surface area contributed by atoms with Gasteiger partial charge < -0.3 is 4.90 Å². The fourth-order valence-corrected chi connectivity index (χ4v) is 4.49. The molecule has 0 fully saturated rings. The molecule has 31 heavy (non-hydrogen) atoms. The van der Waals surface area contributed by atoms with E-state index in [1.165, 1.54) is 22.3 Å². The molecule has 4 nitrogen and oxygen atoms in total. The van der Waals surface area contributed by atoms with E-state index in [9.17, 15) is 4.79 Å². The minimum atomic E-state index is 0.133. The molecule has 0 aliphatic carbocycles. The first kappa shape index (κ1) is 21.4. The van der Waals surface area contributed by atoms with E-state index in [1.807, 2.05) is 16.5 Å². The van der Waals surface area contributed by atoms with Crippen LogP contribution in [0.1, 0.15) is 60.8 Å². The fourth-order valence-electron chi connectivity index (χ4n) is 4.49. The van der Waals surface area contributed by atoms with Crippen molar-refractivity contribution in [3.63, 3.8) is 0 Å². The molecule has 2 aromatic carbocycles. The Morgan fingerprint density at radius 3 is 2.35 bits per heavy atom. The van der Waals surface area contributed by atoms with Gasteiger partial charge in [-0.1, -0.05) is 57.2 Å². The van der Waals surface area contributed by atoms with Gasteiger partial charge in [0, 0.05) is 25.2 Å². The van der Waals surface area contributed by atoms with Gasteiger partial charge in [-0.25, -0.2) is 4.68 Å². The number of benzene rings is 2. The lowest BCUT2D eigenvalue weighted by Gasteiger charge is -2.29. The molecule has 2 heterocycles. The summed E-state index contributed by atoms with van der Waals surface area (Å²) in [6, 6.07) is 17.1. The molecule has 4 rings (SSSR count). The number of nitrogens with zero attached hydrogens (tertiary/aromatic N) is 3. The first-order valence-electron chi connectivity index (χ1n) is 11.2. The van der Waals surface area contributed by atoms with Crippen LogP contribution in [-0.2, 0) is 29.6 Å². The largest absolute Gasteiger partial charge is 0.338 e. The van der Waals surface area contributed by atoms with Gasteiger partial charge in [0.15, 0.2) is 0 Å². The summed E-state index contributed by atoms with van der Waals surface area (Å²) in [5.41, 5.74) is 8.48. The number of aryl methyl sites for hydroxylation is 1. The molecule has 0 radical (unpaired) electrons. The highest BCUT2D eigenvalue weighted by Crippen LogP contribution is 2.25. The number of amides is 1. The Hall–Kier alpha value is -2.88. The smallest absolute Gasteiger partial charge is 0.223 e. The molecular formula is C27H33N3O. The molecule has 3 aromatic rings. The normalized spacial score (nSPS) is 13.9. The number of fused-ring (bicyclic) bond motifs is 1. The van der Waals surface area contributed by atoms with E-state index >= 15 is 0 Å². The summed E-state index contributed by atoms with van der Waals surface area (Å²) in [6.07, 6.45) is 2.20. The second-order valence-electron chi connectivity index (χ2n) is 9.69. The van der Waals surface area contributed by atoms with Gasteiger partial charge in [0.1, 0.15) is 0 Å². The molecule has 0 saturated carbocycles. The molecule has 0 atom stereocenters. The Bertz CT molecular complexity index is 1090. The van der Waals surface area contributed by atoms with Crippen molar-refractivity contribution in [1.29, 1.82) is 0 Å². The second kappa shape index (κ2) is 8.33. The van der Waals surface area contributed by atoms with Crippen LogP contribution in [-0.4, -0.2) is 27.1 Å². The second-order valence-corrected chi connectivity index (χ2v) is 9.69. The molecule has 0 spiro atoms. The van der Waals surface area contributed by atoms with Crippen molar-refractivity contribution >= 4 is 5.91 Å². The standard InChI is InChI=1S/C27H33N3O/c1-19-25(14-15-26(31)29-17-16-21-8-6-7-9-22(21)18-29)20(2)30(28-19)24-12-10-23(11-13-24)27(3,4)5/h6-13H,14-18H2,1-5H3. The first-order valence-corrected chi connectivity index (χ1v) is 11.2. The van der Waals surface area contributed by atoms with Gasteiger partial charge in [-0.15, -0.1) is 0 Å². The lowest BCUT2D eigenvalue weighted by molar-refractivity contribution is -0.132. The molecule has 0 unspecified atom stereocenters. The number of hydrogen-bond acceptors (Lipinski definition) is 2. The maximum Gasteiger partial charge on any atom is 0.223 e. The van der Waals surface area contributed by atoms with Gasteiger partial charge in [-0.3, -0.25) is 4.79 Å². The molecule has 4 heteroatoms. The minimum Gasteiger partial charge on any atom is -0.338 e. The SMILES string of the molecule is Cc1nn(-c2ccc(C(C)(C)C)cc2)c(C)c1CCC(=O)N1CCc2ccccc2C1. The molecule has 1 aliphatic rings. The van der Waals surface area contributed by atoms with E-state index in [-0.39, 0.29) is 11.3 Å². The predicted molar refractivity (Wildman–Crippen MR) is 126 cm³/mol. The maximum atomic E-state index is 12.9.